The predicted molar refractivity (Wildman–Crippen MR) is 85.1 cm³/mol. The number of benzene rings is 1. The van der Waals surface area contributed by atoms with Gasteiger partial charge in [0, 0.05) is 22.6 Å². The molecule has 0 spiro atoms. The van der Waals surface area contributed by atoms with Gasteiger partial charge in [-0.3, -0.25) is 0 Å². The highest BCUT2D eigenvalue weighted by Gasteiger charge is 2.41. The van der Waals surface area contributed by atoms with E-state index in [0.29, 0.717) is 23.1 Å². The van der Waals surface area contributed by atoms with Crippen LogP contribution in [-0.2, 0) is 0 Å². The van der Waals surface area contributed by atoms with Gasteiger partial charge in [-0.1, -0.05) is 18.5 Å². The van der Waals surface area contributed by atoms with Gasteiger partial charge >= 0.3 is 0 Å². The molecule has 1 aromatic rings. The van der Waals surface area contributed by atoms with Crippen molar-refractivity contribution in [2.24, 2.45) is 0 Å². The first-order chi connectivity index (χ1) is 9.60. The van der Waals surface area contributed by atoms with Crippen LogP contribution in [0.25, 0.3) is 0 Å². The zero-order valence-electron chi connectivity index (χ0n) is 11.5. The van der Waals surface area contributed by atoms with Crippen LogP contribution < -0.4 is 10.2 Å². The lowest BCUT2D eigenvalue weighted by atomic mass is 9.96. The Kier molecular flexibility index (Phi) is 4.25. The normalized spacial score (nSPS) is 29.0. The van der Waals surface area contributed by atoms with E-state index in [-0.39, 0.29) is 5.82 Å². The number of fused-ring (bicyclic) bond motifs is 2. The fourth-order valence-corrected chi connectivity index (χ4v) is 4.83. The summed E-state index contributed by atoms with van der Waals surface area (Å²) in [6.07, 6.45) is 4.69. The van der Waals surface area contributed by atoms with Gasteiger partial charge in [0.25, 0.3) is 0 Å². The molecular formula is C15H19BrClFN2. The van der Waals surface area contributed by atoms with Crippen LogP contribution in [-0.4, -0.2) is 24.7 Å². The summed E-state index contributed by atoms with van der Waals surface area (Å²) in [5, 5.41) is 4.07. The van der Waals surface area contributed by atoms with E-state index in [9.17, 15) is 4.39 Å². The van der Waals surface area contributed by atoms with Gasteiger partial charge < -0.3 is 10.2 Å². The minimum atomic E-state index is -0.291. The summed E-state index contributed by atoms with van der Waals surface area (Å²) >= 11 is 9.78. The fourth-order valence-electron chi connectivity index (χ4n) is 3.78. The number of nitrogens with zero attached hydrogens (tertiary/aromatic N) is 1. The SMILES string of the molecule is CCNC1CC2CCC(C1)N2c1c(Cl)cc(F)cc1Br. The van der Waals surface area contributed by atoms with E-state index in [1.807, 2.05) is 0 Å². The van der Waals surface area contributed by atoms with Crippen molar-refractivity contribution in [3.8, 4) is 0 Å². The molecule has 2 atom stereocenters. The molecule has 2 unspecified atom stereocenters. The Morgan fingerprint density at radius 2 is 2.00 bits per heavy atom. The Hall–Kier alpha value is -0.320. The van der Waals surface area contributed by atoms with Crippen LogP contribution in [0.5, 0.6) is 0 Å². The molecule has 2 aliphatic rings. The van der Waals surface area contributed by atoms with Gasteiger partial charge in [0.05, 0.1) is 10.7 Å². The molecule has 5 heteroatoms. The molecule has 2 fully saturated rings. The summed E-state index contributed by atoms with van der Waals surface area (Å²) < 4.78 is 14.2. The smallest absolute Gasteiger partial charge is 0.125 e. The summed E-state index contributed by atoms with van der Waals surface area (Å²) in [6.45, 7) is 3.17. The van der Waals surface area contributed by atoms with Crippen molar-refractivity contribution < 1.29 is 4.39 Å². The number of hydrogen-bond acceptors (Lipinski definition) is 2. The van der Waals surface area contributed by atoms with E-state index < -0.39 is 0 Å². The van der Waals surface area contributed by atoms with Gasteiger partial charge in [0.1, 0.15) is 5.82 Å². The third-order valence-corrected chi connectivity index (χ3v) is 5.36. The quantitative estimate of drug-likeness (QED) is 0.861. The molecule has 20 heavy (non-hydrogen) atoms. The van der Waals surface area contributed by atoms with Crippen LogP contribution in [0, 0.1) is 5.82 Å². The Bertz CT molecular complexity index is 474. The lowest BCUT2D eigenvalue weighted by Gasteiger charge is -2.41. The first-order valence-corrected chi connectivity index (χ1v) is 8.43. The Morgan fingerprint density at radius 1 is 1.35 bits per heavy atom. The van der Waals surface area contributed by atoms with Crippen LogP contribution >= 0.6 is 27.5 Å². The molecule has 0 aromatic heterocycles. The highest BCUT2D eigenvalue weighted by atomic mass is 79.9. The number of hydrogen-bond donors (Lipinski definition) is 1. The van der Waals surface area contributed by atoms with E-state index in [1.165, 1.54) is 25.0 Å². The number of piperidine rings is 1. The van der Waals surface area contributed by atoms with E-state index >= 15 is 0 Å². The van der Waals surface area contributed by atoms with Gasteiger partial charge in [-0.2, -0.15) is 0 Å². The second kappa shape index (κ2) is 5.82. The molecule has 2 heterocycles. The molecule has 0 radical (unpaired) electrons. The third-order valence-electron chi connectivity index (χ3n) is 4.47. The Morgan fingerprint density at radius 3 is 2.55 bits per heavy atom. The molecule has 2 saturated heterocycles. The van der Waals surface area contributed by atoms with Crippen molar-refractivity contribution in [1.82, 2.24) is 5.32 Å². The van der Waals surface area contributed by atoms with Crippen molar-refractivity contribution in [3.05, 3.63) is 27.4 Å². The first-order valence-electron chi connectivity index (χ1n) is 7.26. The van der Waals surface area contributed by atoms with E-state index in [4.69, 9.17) is 11.6 Å². The maximum absolute atomic E-state index is 13.4. The summed E-state index contributed by atoms with van der Waals surface area (Å²) in [5.74, 6) is -0.291. The molecule has 2 bridgehead atoms. The summed E-state index contributed by atoms with van der Waals surface area (Å²) in [5.41, 5.74) is 0.968. The first kappa shape index (κ1) is 14.6. The molecule has 0 saturated carbocycles. The van der Waals surface area contributed by atoms with E-state index in [1.54, 1.807) is 0 Å². The van der Waals surface area contributed by atoms with Crippen LogP contribution in [0.4, 0.5) is 10.1 Å². The molecule has 2 nitrogen and oxygen atoms in total. The van der Waals surface area contributed by atoms with Gasteiger partial charge in [-0.05, 0) is 60.3 Å². The Balaban J connectivity index is 1.89. The second-order valence-corrected chi connectivity index (χ2v) is 7.00. The van der Waals surface area contributed by atoms with Gasteiger partial charge in [0.15, 0.2) is 0 Å². The molecule has 0 aliphatic carbocycles. The van der Waals surface area contributed by atoms with E-state index in [0.717, 1.165) is 29.5 Å². The largest absolute Gasteiger partial charge is 0.363 e. The van der Waals surface area contributed by atoms with Crippen LogP contribution in [0.15, 0.2) is 16.6 Å². The number of anilines is 1. The lowest BCUT2D eigenvalue weighted by Crippen LogP contribution is -2.49. The van der Waals surface area contributed by atoms with Gasteiger partial charge in [-0.25, -0.2) is 4.39 Å². The number of nitrogens with one attached hydrogen (secondary N) is 1. The second-order valence-electron chi connectivity index (χ2n) is 5.74. The average molecular weight is 362 g/mol. The predicted octanol–water partition coefficient (Wildman–Crippen LogP) is 4.35. The standard InChI is InChI=1S/C15H19BrClFN2/c1-2-19-10-7-11-3-4-12(8-10)20(11)15-13(16)5-9(18)6-14(15)17/h5-6,10-12,19H,2-4,7-8H2,1H3. The highest BCUT2D eigenvalue weighted by Crippen LogP contribution is 2.45. The van der Waals surface area contributed by atoms with Crippen LogP contribution in [0.3, 0.4) is 0 Å². The summed E-state index contributed by atoms with van der Waals surface area (Å²) in [4.78, 5) is 2.42. The van der Waals surface area contributed by atoms with E-state index in [2.05, 4.69) is 33.1 Å². The van der Waals surface area contributed by atoms with Gasteiger partial charge in [0.2, 0.25) is 0 Å². The van der Waals surface area contributed by atoms with Crippen molar-refractivity contribution in [2.75, 3.05) is 11.4 Å². The molecule has 0 amide bonds. The number of halogens is 3. The molecule has 110 valence electrons. The highest BCUT2D eigenvalue weighted by molar-refractivity contribution is 9.10. The lowest BCUT2D eigenvalue weighted by molar-refractivity contribution is 0.361. The maximum atomic E-state index is 13.4. The van der Waals surface area contributed by atoms with Crippen molar-refractivity contribution in [2.45, 2.75) is 50.7 Å². The van der Waals surface area contributed by atoms with Crippen molar-refractivity contribution in [1.29, 1.82) is 0 Å². The minimum absolute atomic E-state index is 0.291. The van der Waals surface area contributed by atoms with Gasteiger partial charge in [-0.15, -0.1) is 0 Å². The number of rotatable bonds is 3. The summed E-state index contributed by atoms with van der Waals surface area (Å²) in [7, 11) is 0. The topological polar surface area (TPSA) is 15.3 Å². The molecular weight excluding hydrogens is 343 g/mol. The monoisotopic (exact) mass is 360 g/mol. The fraction of sp³-hybridized carbons (Fsp3) is 0.600. The molecule has 1 aromatic carbocycles. The maximum Gasteiger partial charge on any atom is 0.125 e. The van der Waals surface area contributed by atoms with Crippen molar-refractivity contribution in [3.63, 3.8) is 0 Å². The third kappa shape index (κ3) is 2.58. The Labute approximate surface area is 132 Å². The molecule has 3 rings (SSSR count). The zero-order valence-corrected chi connectivity index (χ0v) is 13.8. The molecule has 2 aliphatic heterocycles. The van der Waals surface area contributed by atoms with Crippen molar-refractivity contribution >= 4 is 33.2 Å². The minimum Gasteiger partial charge on any atom is -0.363 e. The average Bonchev–Trinajstić information content (AvgIpc) is 2.62. The van der Waals surface area contributed by atoms with Crippen LogP contribution in [0.1, 0.15) is 32.6 Å². The van der Waals surface area contributed by atoms with Crippen LogP contribution in [0.2, 0.25) is 5.02 Å². The molecule has 1 N–H and O–H groups in total. The zero-order chi connectivity index (χ0) is 14.3. The summed E-state index contributed by atoms with van der Waals surface area (Å²) in [6, 6.07) is 4.55.